The van der Waals surface area contributed by atoms with E-state index in [0.717, 1.165) is 5.56 Å². The van der Waals surface area contributed by atoms with Crippen LogP contribution >= 0.6 is 22.9 Å². The molecule has 0 amide bonds. The highest BCUT2D eigenvalue weighted by Crippen LogP contribution is 2.29. The topological polar surface area (TPSA) is 33.1 Å². The standard InChI is InChI=1S/C12H12ClNOS/c1-7-3-4-9(5-8(7)2)11(15)12-14-6-10(13)16-12/h3-6,11,15H,1-2H3. The molecule has 0 radical (unpaired) electrons. The lowest BCUT2D eigenvalue weighted by Gasteiger charge is -2.09. The summed E-state index contributed by atoms with van der Waals surface area (Å²) in [5, 5.41) is 10.7. The van der Waals surface area contributed by atoms with Crippen LogP contribution in [0.5, 0.6) is 0 Å². The molecule has 0 saturated carbocycles. The number of aliphatic hydroxyl groups excluding tert-OH is 1. The molecule has 1 aromatic heterocycles. The van der Waals surface area contributed by atoms with Crippen molar-refractivity contribution >= 4 is 22.9 Å². The quantitative estimate of drug-likeness (QED) is 0.889. The van der Waals surface area contributed by atoms with E-state index in [1.165, 1.54) is 22.5 Å². The maximum atomic E-state index is 10.1. The van der Waals surface area contributed by atoms with Gasteiger partial charge in [0.2, 0.25) is 0 Å². The molecular weight excluding hydrogens is 242 g/mol. The average Bonchev–Trinajstić information content (AvgIpc) is 2.68. The third kappa shape index (κ3) is 2.26. The molecule has 2 nitrogen and oxygen atoms in total. The van der Waals surface area contributed by atoms with Crippen LogP contribution in [0.25, 0.3) is 0 Å². The van der Waals surface area contributed by atoms with Crippen molar-refractivity contribution in [3.8, 4) is 0 Å². The van der Waals surface area contributed by atoms with Gasteiger partial charge in [0.1, 0.15) is 15.4 Å². The van der Waals surface area contributed by atoms with Gasteiger partial charge in [0.25, 0.3) is 0 Å². The normalized spacial score (nSPS) is 12.8. The first-order valence-electron chi connectivity index (χ1n) is 4.94. The first kappa shape index (κ1) is 11.6. The Bertz CT molecular complexity index is 509. The summed E-state index contributed by atoms with van der Waals surface area (Å²) >= 11 is 7.10. The van der Waals surface area contributed by atoms with Crippen molar-refractivity contribution in [2.75, 3.05) is 0 Å². The van der Waals surface area contributed by atoms with Crippen LogP contribution in [0.3, 0.4) is 0 Å². The Morgan fingerprint density at radius 2 is 2.06 bits per heavy atom. The predicted octanol–water partition coefficient (Wildman–Crippen LogP) is 3.50. The number of hydrogen-bond acceptors (Lipinski definition) is 3. The third-order valence-corrected chi connectivity index (χ3v) is 3.74. The van der Waals surface area contributed by atoms with Crippen LogP contribution in [0.1, 0.15) is 27.8 Å². The van der Waals surface area contributed by atoms with Gasteiger partial charge in [-0.3, -0.25) is 0 Å². The van der Waals surface area contributed by atoms with Gasteiger partial charge in [-0.25, -0.2) is 4.98 Å². The van der Waals surface area contributed by atoms with Crippen molar-refractivity contribution in [2.24, 2.45) is 0 Å². The highest BCUT2D eigenvalue weighted by Gasteiger charge is 2.14. The lowest BCUT2D eigenvalue weighted by atomic mass is 10.0. The summed E-state index contributed by atoms with van der Waals surface area (Å²) < 4.78 is 0.595. The summed E-state index contributed by atoms with van der Waals surface area (Å²) in [4.78, 5) is 4.08. The molecule has 1 N–H and O–H groups in total. The van der Waals surface area contributed by atoms with Gasteiger partial charge in [0.15, 0.2) is 0 Å². The van der Waals surface area contributed by atoms with Crippen molar-refractivity contribution in [1.82, 2.24) is 4.98 Å². The zero-order valence-corrected chi connectivity index (χ0v) is 10.6. The molecule has 1 atom stereocenters. The minimum absolute atomic E-state index is 0.595. The number of halogens is 1. The zero-order chi connectivity index (χ0) is 11.7. The van der Waals surface area contributed by atoms with E-state index in [1.54, 1.807) is 6.20 Å². The Kier molecular flexibility index (Phi) is 3.28. The number of thiazole rings is 1. The van der Waals surface area contributed by atoms with E-state index in [2.05, 4.69) is 4.98 Å². The number of rotatable bonds is 2. The van der Waals surface area contributed by atoms with E-state index in [1.807, 2.05) is 32.0 Å². The van der Waals surface area contributed by atoms with E-state index in [9.17, 15) is 5.11 Å². The molecule has 2 rings (SSSR count). The van der Waals surface area contributed by atoms with Crippen LogP contribution in [-0.2, 0) is 0 Å². The van der Waals surface area contributed by atoms with Crippen LogP contribution in [-0.4, -0.2) is 10.1 Å². The SMILES string of the molecule is Cc1ccc(C(O)c2ncc(Cl)s2)cc1C. The molecule has 0 aliphatic heterocycles. The van der Waals surface area contributed by atoms with Crippen LogP contribution in [0, 0.1) is 13.8 Å². The lowest BCUT2D eigenvalue weighted by molar-refractivity contribution is 0.219. The predicted molar refractivity (Wildman–Crippen MR) is 67.1 cm³/mol. The van der Waals surface area contributed by atoms with E-state index < -0.39 is 6.10 Å². The summed E-state index contributed by atoms with van der Waals surface area (Å²) in [6, 6.07) is 5.90. The number of aryl methyl sites for hydroxylation is 2. The third-order valence-electron chi connectivity index (χ3n) is 2.58. The highest BCUT2D eigenvalue weighted by molar-refractivity contribution is 7.15. The monoisotopic (exact) mass is 253 g/mol. The molecule has 0 spiro atoms. The minimum atomic E-state index is -0.684. The molecule has 4 heteroatoms. The van der Waals surface area contributed by atoms with Crippen molar-refractivity contribution < 1.29 is 5.11 Å². The van der Waals surface area contributed by atoms with Crippen molar-refractivity contribution in [2.45, 2.75) is 20.0 Å². The van der Waals surface area contributed by atoms with Crippen LogP contribution in [0.15, 0.2) is 24.4 Å². The second-order valence-electron chi connectivity index (χ2n) is 3.75. The number of aliphatic hydroxyl groups is 1. The largest absolute Gasteiger partial charge is 0.381 e. The summed E-state index contributed by atoms with van der Waals surface area (Å²) in [6.45, 7) is 4.08. The minimum Gasteiger partial charge on any atom is -0.381 e. The Hall–Kier alpha value is -0.900. The molecule has 0 saturated heterocycles. The van der Waals surface area contributed by atoms with E-state index in [-0.39, 0.29) is 0 Å². The second-order valence-corrected chi connectivity index (χ2v) is 5.44. The van der Waals surface area contributed by atoms with Crippen molar-refractivity contribution in [1.29, 1.82) is 0 Å². The first-order chi connectivity index (χ1) is 7.58. The fourth-order valence-electron chi connectivity index (χ4n) is 1.47. The zero-order valence-electron chi connectivity index (χ0n) is 9.07. The molecule has 84 valence electrons. The fourth-order valence-corrected chi connectivity index (χ4v) is 2.41. The molecule has 0 aliphatic rings. The van der Waals surface area contributed by atoms with Crippen LogP contribution < -0.4 is 0 Å². The molecule has 1 unspecified atom stereocenters. The Labute approximate surface area is 104 Å². The number of hydrogen-bond donors (Lipinski definition) is 1. The Morgan fingerprint density at radius 3 is 2.62 bits per heavy atom. The smallest absolute Gasteiger partial charge is 0.131 e. The average molecular weight is 254 g/mol. The van der Waals surface area contributed by atoms with Crippen LogP contribution in [0.4, 0.5) is 0 Å². The van der Waals surface area contributed by atoms with Crippen molar-refractivity contribution in [3.63, 3.8) is 0 Å². The maximum Gasteiger partial charge on any atom is 0.131 e. The van der Waals surface area contributed by atoms with Gasteiger partial charge in [-0.2, -0.15) is 0 Å². The van der Waals surface area contributed by atoms with Gasteiger partial charge in [0.05, 0.1) is 6.20 Å². The van der Waals surface area contributed by atoms with Crippen LogP contribution in [0.2, 0.25) is 4.34 Å². The van der Waals surface area contributed by atoms with E-state index >= 15 is 0 Å². The molecular formula is C12H12ClNOS. The van der Waals surface area contributed by atoms with Gasteiger partial charge < -0.3 is 5.11 Å². The van der Waals surface area contributed by atoms with Gasteiger partial charge >= 0.3 is 0 Å². The molecule has 0 fully saturated rings. The number of benzene rings is 1. The maximum absolute atomic E-state index is 10.1. The highest BCUT2D eigenvalue weighted by atomic mass is 35.5. The number of nitrogens with zero attached hydrogens (tertiary/aromatic N) is 1. The summed E-state index contributed by atoms with van der Waals surface area (Å²) in [5.74, 6) is 0. The van der Waals surface area contributed by atoms with Crippen molar-refractivity contribution in [3.05, 3.63) is 50.4 Å². The van der Waals surface area contributed by atoms with Gasteiger partial charge in [0, 0.05) is 0 Å². The summed E-state index contributed by atoms with van der Waals surface area (Å²) in [5.41, 5.74) is 3.24. The van der Waals surface area contributed by atoms with Gasteiger partial charge in [-0.15, -0.1) is 11.3 Å². The first-order valence-corrected chi connectivity index (χ1v) is 6.14. The molecule has 0 bridgehead atoms. The number of aromatic nitrogens is 1. The molecule has 16 heavy (non-hydrogen) atoms. The lowest BCUT2D eigenvalue weighted by Crippen LogP contribution is -1.99. The van der Waals surface area contributed by atoms with Gasteiger partial charge in [-0.1, -0.05) is 29.8 Å². The Morgan fingerprint density at radius 1 is 1.31 bits per heavy atom. The summed E-state index contributed by atoms with van der Waals surface area (Å²) in [6.07, 6.45) is 0.878. The molecule has 0 aliphatic carbocycles. The Balaban J connectivity index is 2.33. The van der Waals surface area contributed by atoms with E-state index in [4.69, 9.17) is 11.6 Å². The molecule has 2 aromatic rings. The molecule has 1 aromatic carbocycles. The molecule has 1 heterocycles. The second kappa shape index (κ2) is 4.53. The van der Waals surface area contributed by atoms with Gasteiger partial charge in [-0.05, 0) is 30.5 Å². The van der Waals surface area contributed by atoms with E-state index in [0.29, 0.717) is 9.34 Å². The fraction of sp³-hybridized carbons (Fsp3) is 0.250. The summed E-state index contributed by atoms with van der Waals surface area (Å²) in [7, 11) is 0.